The zero-order valence-corrected chi connectivity index (χ0v) is 7.70. The molecule has 70 valence electrons. The van der Waals surface area contributed by atoms with E-state index in [0.29, 0.717) is 11.5 Å². The van der Waals surface area contributed by atoms with Crippen molar-refractivity contribution in [3.05, 3.63) is 29.8 Å². The van der Waals surface area contributed by atoms with Crippen molar-refractivity contribution in [2.45, 2.75) is 25.4 Å². The maximum Gasteiger partial charge on any atom is 0.121 e. The van der Waals surface area contributed by atoms with Crippen LogP contribution < -0.4 is 0 Å². The molecule has 0 heterocycles. The van der Waals surface area contributed by atoms with Crippen LogP contribution >= 0.6 is 0 Å². The molecule has 2 heteroatoms. The summed E-state index contributed by atoms with van der Waals surface area (Å²) >= 11 is 0. The van der Waals surface area contributed by atoms with Crippen LogP contribution in [0.1, 0.15) is 25.3 Å². The quantitative estimate of drug-likeness (QED) is 0.727. The highest BCUT2D eigenvalue weighted by Gasteiger charge is 2.42. The van der Waals surface area contributed by atoms with Gasteiger partial charge in [0.2, 0.25) is 0 Å². The van der Waals surface area contributed by atoms with Gasteiger partial charge >= 0.3 is 0 Å². The van der Waals surface area contributed by atoms with Crippen molar-refractivity contribution in [2.75, 3.05) is 0 Å². The van der Waals surface area contributed by atoms with Crippen molar-refractivity contribution in [3.63, 3.8) is 0 Å². The largest absolute Gasteiger partial charge is 0.508 e. The number of hydrogen-bond donors (Lipinski definition) is 2. The van der Waals surface area contributed by atoms with E-state index in [0.717, 1.165) is 12.8 Å². The van der Waals surface area contributed by atoms with E-state index < -0.39 is 5.60 Å². The molecule has 1 unspecified atom stereocenters. The number of benzene rings is 1. The van der Waals surface area contributed by atoms with Gasteiger partial charge in [0.1, 0.15) is 5.75 Å². The smallest absolute Gasteiger partial charge is 0.121 e. The molecule has 1 aromatic carbocycles. The summed E-state index contributed by atoms with van der Waals surface area (Å²) < 4.78 is 0. The summed E-state index contributed by atoms with van der Waals surface area (Å²) in [6.07, 6.45) is 2.11. The normalized spacial score (nSPS) is 21.1. The number of aromatic hydroxyl groups is 1. The lowest BCUT2D eigenvalue weighted by Crippen LogP contribution is -2.23. The van der Waals surface area contributed by atoms with Crippen molar-refractivity contribution in [2.24, 2.45) is 5.92 Å². The lowest BCUT2D eigenvalue weighted by atomic mass is 9.90. The van der Waals surface area contributed by atoms with Crippen molar-refractivity contribution in [1.82, 2.24) is 0 Å². The molecule has 2 N–H and O–H groups in total. The first-order valence-electron chi connectivity index (χ1n) is 4.63. The molecular weight excluding hydrogens is 164 g/mol. The van der Waals surface area contributed by atoms with Crippen LogP contribution in [0.3, 0.4) is 0 Å². The second-order valence-electron chi connectivity index (χ2n) is 3.94. The van der Waals surface area contributed by atoms with E-state index in [9.17, 15) is 10.2 Å². The molecule has 2 nitrogen and oxygen atoms in total. The monoisotopic (exact) mass is 178 g/mol. The number of phenols is 1. The lowest BCUT2D eigenvalue weighted by molar-refractivity contribution is 0.0308. The average molecular weight is 178 g/mol. The molecule has 1 aliphatic rings. The van der Waals surface area contributed by atoms with E-state index in [2.05, 4.69) is 0 Å². The Balaban J connectivity index is 2.38. The van der Waals surface area contributed by atoms with Gasteiger partial charge in [0.15, 0.2) is 0 Å². The van der Waals surface area contributed by atoms with E-state index in [-0.39, 0.29) is 5.75 Å². The first-order valence-corrected chi connectivity index (χ1v) is 4.63. The second kappa shape index (κ2) is 2.74. The van der Waals surface area contributed by atoms with Crippen LogP contribution in [-0.4, -0.2) is 10.2 Å². The minimum Gasteiger partial charge on any atom is -0.508 e. The Labute approximate surface area is 77.8 Å². The Morgan fingerprint density at radius 1 is 1.31 bits per heavy atom. The number of aliphatic hydroxyl groups is 1. The predicted octanol–water partition coefficient (Wildman–Crippen LogP) is 2.01. The summed E-state index contributed by atoms with van der Waals surface area (Å²) in [7, 11) is 0. The standard InChI is InChI=1S/C11H14O2/c1-11(13,8-6-7-8)9-4-2-3-5-10(9)12/h2-5,8,12-13H,6-7H2,1H3. The fraction of sp³-hybridized carbons (Fsp3) is 0.455. The van der Waals surface area contributed by atoms with E-state index in [4.69, 9.17) is 0 Å². The molecule has 1 atom stereocenters. The number of rotatable bonds is 2. The van der Waals surface area contributed by atoms with Gasteiger partial charge < -0.3 is 10.2 Å². The summed E-state index contributed by atoms with van der Waals surface area (Å²) in [6.45, 7) is 1.78. The maximum atomic E-state index is 10.1. The molecule has 1 fully saturated rings. The van der Waals surface area contributed by atoms with Crippen LogP contribution in [0.25, 0.3) is 0 Å². The molecule has 1 aromatic rings. The van der Waals surface area contributed by atoms with Crippen LogP contribution in [0.15, 0.2) is 24.3 Å². The van der Waals surface area contributed by atoms with Crippen LogP contribution in [-0.2, 0) is 5.60 Å². The molecule has 2 rings (SSSR count). The molecule has 1 saturated carbocycles. The molecule has 0 amide bonds. The van der Waals surface area contributed by atoms with Gasteiger partial charge in [-0.1, -0.05) is 18.2 Å². The molecule has 0 aromatic heterocycles. The minimum absolute atomic E-state index is 0.194. The highest BCUT2D eigenvalue weighted by molar-refractivity contribution is 5.37. The fourth-order valence-corrected chi connectivity index (χ4v) is 1.77. The Hall–Kier alpha value is -1.02. The van der Waals surface area contributed by atoms with Gasteiger partial charge in [0, 0.05) is 5.56 Å². The molecular formula is C11H14O2. The summed E-state index contributed by atoms with van der Waals surface area (Å²) in [6, 6.07) is 7.01. The lowest BCUT2D eigenvalue weighted by Gasteiger charge is -2.24. The molecule has 0 bridgehead atoms. The van der Waals surface area contributed by atoms with E-state index in [1.54, 1.807) is 25.1 Å². The molecule has 0 spiro atoms. The van der Waals surface area contributed by atoms with Crippen molar-refractivity contribution >= 4 is 0 Å². The third-order valence-corrected chi connectivity index (χ3v) is 2.82. The van der Waals surface area contributed by atoms with Crippen LogP contribution in [0.5, 0.6) is 5.75 Å². The van der Waals surface area contributed by atoms with Crippen molar-refractivity contribution in [1.29, 1.82) is 0 Å². The van der Waals surface area contributed by atoms with Gasteiger partial charge in [0.25, 0.3) is 0 Å². The molecule has 0 radical (unpaired) electrons. The third-order valence-electron chi connectivity index (χ3n) is 2.82. The molecule has 0 aliphatic heterocycles. The van der Waals surface area contributed by atoms with Crippen molar-refractivity contribution < 1.29 is 10.2 Å². The summed E-state index contributed by atoms with van der Waals surface area (Å²) in [5.74, 6) is 0.514. The summed E-state index contributed by atoms with van der Waals surface area (Å²) in [4.78, 5) is 0. The molecule has 1 aliphatic carbocycles. The van der Waals surface area contributed by atoms with Crippen molar-refractivity contribution in [3.8, 4) is 5.75 Å². The van der Waals surface area contributed by atoms with Crippen LogP contribution in [0.2, 0.25) is 0 Å². The molecule has 0 saturated heterocycles. The number of para-hydroxylation sites is 1. The maximum absolute atomic E-state index is 10.1. The fourth-order valence-electron chi connectivity index (χ4n) is 1.77. The minimum atomic E-state index is -0.856. The Morgan fingerprint density at radius 3 is 2.46 bits per heavy atom. The highest BCUT2D eigenvalue weighted by atomic mass is 16.3. The Kier molecular flexibility index (Phi) is 1.81. The van der Waals surface area contributed by atoms with Gasteiger partial charge in [-0.25, -0.2) is 0 Å². The highest BCUT2D eigenvalue weighted by Crippen LogP contribution is 2.47. The van der Waals surface area contributed by atoms with Gasteiger partial charge in [0.05, 0.1) is 5.60 Å². The van der Waals surface area contributed by atoms with Crippen LogP contribution in [0, 0.1) is 5.92 Å². The average Bonchev–Trinajstić information content (AvgIpc) is 2.86. The number of phenolic OH excluding ortho intramolecular Hbond substituents is 1. The van der Waals surface area contributed by atoms with Crippen LogP contribution in [0.4, 0.5) is 0 Å². The SMILES string of the molecule is CC(O)(c1ccccc1O)C1CC1. The summed E-state index contributed by atoms with van der Waals surface area (Å²) in [5, 5.41) is 19.7. The van der Waals surface area contributed by atoms with Gasteiger partial charge in [-0.15, -0.1) is 0 Å². The number of hydrogen-bond acceptors (Lipinski definition) is 2. The zero-order valence-electron chi connectivity index (χ0n) is 7.70. The Morgan fingerprint density at radius 2 is 1.92 bits per heavy atom. The van der Waals surface area contributed by atoms with Gasteiger partial charge in [-0.05, 0) is 31.7 Å². The summed E-state index contributed by atoms with van der Waals surface area (Å²) in [5.41, 5.74) is -0.205. The van der Waals surface area contributed by atoms with E-state index in [1.807, 2.05) is 6.07 Å². The first-order chi connectivity index (χ1) is 6.12. The molecule has 13 heavy (non-hydrogen) atoms. The zero-order chi connectivity index (χ0) is 9.47. The van der Waals surface area contributed by atoms with E-state index in [1.165, 1.54) is 0 Å². The Bertz CT molecular complexity index is 314. The van der Waals surface area contributed by atoms with E-state index >= 15 is 0 Å². The van der Waals surface area contributed by atoms with Gasteiger partial charge in [-0.3, -0.25) is 0 Å². The first kappa shape index (κ1) is 8.57. The topological polar surface area (TPSA) is 40.5 Å². The van der Waals surface area contributed by atoms with Gasteiger partial charge in [-0.2, -0.15) is 0 Å². The third kappa shape index (κ3) is 1.42. The predicted molar refractivity (Wildman–Crippen MR) is 50.4 cm³/mol. The second-order valence-corrected chi connectivity index (χ2v) is 3.94.